The van der Waals surface area contributed by atoms with Gasteiger partial charge in [-0.25, -0.2) is 0 Å². The van der Waals surface area contributed by atoms with E-state index in [1.807, 2.05) is 0 Å². The Morgan fingerprint density at radius 1 is 1.26 bits per heavy atom. The Bertz CT molecular complexity index is 382. The molecule has 1 rings (SSSR count). The van der Waals surface area contributed by atoms with Gasteiger partial charge >= 0.3 is 6.61 Å². The van der Waals surface area contributed by atoms with Gasteiger partial charge in [-0.15, -0.1) is 0 Å². The Balaban J connectivity index is 2.31. The van der Waals surface area contributed by atoms with Crippen LogP contribution in [-0.4, -0.2) is 24.2 Å². The number of carbonyl (C=O) groups is 1. The summed E-state index contributed by atoms with van der Waals surface area (Å²) in [6.45, 7) is -2.41. The van der Waals surface area contributed by atoms with E-state index in [2.05, 4.69) is 10.1 Å². The third-order valence-corrected chi connectivity index (χ3v) is 2.45. The van der Waals surface area contributed by atoms with Crippen LogP contribution in [0.15, 0.2) is 24.3 Å². The van der Waals surface area contributed by atoms with Gasteiger partial charge in [-0.05, 0) is 30.5 Å². The molecule has 0 unspecified atom stereocenters. The predicted molar refractivity (Wildman–Crippen MR) is 65.9 cm³/mol. The van der Waals surface area contributed by atoms with E-state index in [0.717, 1.165) is 5.56 Å². The Morgan fingerprint density at radius 2 is 1.95 bits per heavy atom. The molecule has 0 fully saturated rings. The van der Waals surface area contributed by atoms with Crippen LogP contribution >= 0.6 is 0 Å². The van der Waals surface area contributed by atoms with Crippen LogP contribution in [0.1, 0.15) is 24.8 Å². The molecule has 0 aliphatic heterocycles. The maximum absolute atomic E-state index is 11.9. The minimum Gasteiger partial charge on any atom is -0.435 e. The number of carbonyl (C=O) groups excluding carboxylic acids is 1. The average molecular weight is 273 g/mol. The van der Waals surface area contributed by atoms with Crippen molar-refractivity contribution in [2.75, 3.05) is 6.61 Å². The third kappa shape index (κ3) is 6.71. The third-order valence-electron chi connectivity index (χ3n) is 2.45. The van der Waals surface area contributed by atoms with Crippen LogP contribution in [0, 0.1) is 0 Å². The van der Waals surface area contributed by atoms with Gasteiger partial charge in [-0.1, -0.05) is 12.1 Å². The van der Waals surface area contributed by atoms with Crippen LogP contribution in [-0.2, 0) is 11.3 Å². The smallest absolute Gasteiger partial charge is 0.387 e. The van der Waals surface area contributed by atoms with E-state index in [-0.39, 0.29) is 18.3 Å². The van der Waals surface area contributed by atoms with Gasteiger partial charge in [-0.2, -0.15) is 8.78 Å². The van der Waals surface area contributed by atoms with Gasteiger partial charge < -0.3 is 15.2 Å². The summed E-state index contributed by atoms with van der Waals surface area (Å²) < 4.78 is 28.1. The fourth-order valence-corrected chi connectivity index (χ4v) is 1.48. The lowest BCUT2D eigenvalue weighted by Gasteiger charge is -2.07. The van der Waals surface area contributed by atoms with Crippen molar-refractivity contribution in [3.63, 3.8) is 0 Å². The highest BCUT2D eigenvalue weighted by molar-refractivity contribution is 5.75. The number of hydrogen-bond acceptors (Lipinski definition) is 3. The molecule has 1 amide bonds. The average Bonchev–Trinajstić information content (AvgIpc) is 2.37. The first-order valence-electron chi connectivity index (χ1n) is 6.03. The van der Waals surface area contributed by atoms with Gasteiger partial charge in [0.1, 0.15) is 5.75 Å². The zero-order valence-electron chi connectivity index (χ0n) is 10.4. The minimum absolute atomic E-state index is 0.0822. The van der Waals surface area contributed by atoms with Gasteiger partial charge in [0.2, 0.25) is 5.91 Å². The summed E-state index contributed by atoms with van der Waals surface area (Å²) in [6.07, 6.45) is 1.61. The van der Waals surface area contributed by atoms with Crippen molar-refractivity contribution in [1.82, 2.24) is 5.32 Å². The van der Waals surface area contributed by atoms with Gasteiger partial charge in [-0.3, -0.25) is 4.79 Å². The summed E-state index contributed by atoms with van der Waals surface area (Å²) in [5.41, 5.74) is 0.803. The summed E-state index contributed by atoms with van der Waals surface area (Å²) in [5.74, 6) is -0.00520. The Hall–Kier alpha value is -1.69. The first kappa shape index (κ1) is 15.4. The molecule has 6 heteroatoms. The van der Waals surface area contributed by atoms with Crippen LogP contribution in [0.5, 0.6) is 5.75 Å². The fourth-order valence-electron chi connectivity index (χ4n) is 1.48. The van der Waals surface area contributed by atoms with Crippen LogP contribution < -0.4 is 10.1 Å². The Labute approximate surface area is 110 Å². The molecule has 1 aromatic rings. The molecule has 0 saturated heterocycles. The quantitative estimate of drug-likeness (QED) is 0.713. The monoisotopic (exact) mass is 273 g/mol. The van der Waals surface area contributed by atoms with Crippen molar-refractivity contribution in [1.29, 1.82) is 0 Å². The molecule has 2 N–H and O–H groups in total. The lowest BCUT2D eigenvalue weighted by Crippen LogP contribution is -2.22. The van der Waals surface area contributed by atoms with E-state index in [1.165, 1.54) is 12.1 Å². The molecular formula is C13H17F2NO3. The maximum atomic E-state index is 11.9. The summed E-state index contributed by atoms with van der Waals surface area (Å²) >= 11 is 0. The van der Waals surface area contributed by atoms with E-state index in [4.69, 9.17) is 5.11 Å². The molecule has 0 atom stereocenters. The van der Waals surface area contributed by atoms with Crippen molar-refractivity contribution in [2.24, 2.45) is 0 Å². The highest BCUT2D eigenvalue weighted by atomic mass is 19.3. The maximum Gasteiger partial charge on any atom is 0.387 e. The van der Waals surface area contributed by atoms with E-state index in [0.29, 0.717) is 25.8 Å². The fraction of sp³-hybridized carbons (Fsp3) is 0.462. The molecule has 0 radical (unpaired) electrons. The molecule has 106 valence electrons. The second-order valence-electron chi connectivity index (χ2n) is 3.98. The van der Waals surface area contributed by atoms with Gasteiger partial charge in [0.25, 0.3) is 0 Å². The minimum atomic E-state index is -2.84. The van der Waals surface area contributed by atoms with E-state index < -0.39 is 6.61 Å². The lowest BCUT2D eigenvalue weighted by atomic mass is 10.2. The predicted octanol–water partition coefficient (Wildman–Crippen LogP) is 2.07. The normalized spacial score (nSPS) is 10.5. The summed E-state index contributed by atoms with van der Waals surface area (Å²) in [7, 11) is 0. The van der Waals surface area contributed by atoms with Crippen LogP contribution in [0.25, 0.3) is 0 Å². The second-order valence-corrected chi connectivity index (χ2v) is 3.98. The number of rotatable bonds is 8. The molecular weight excluding hydrogens is 256 g/mol. The molecule has 0 aliphatic carbocycles. The Kier molecular flexibility index (Phi) is 6.81. The standard InChI is InChI=1S/C13H17F2NO3/c14-13(15)19-11-6-4-10(5-7-11)9-16-12(18)3-1-2-8-17/h4-7,13,17H,1-3,8-9H2,(H,16,18). The number of nitrogens with one attached hydrogen (secondary N) is 1. The first-order chi connectivity index (χ1) is 9.11. The number of unbranched alkanes of at least 4 members (excludes halogenated alkanes) is 1. The molecule has 0 aromatic heterocycles. The molecule has 19 heavy (non-hydrogen) atoms. The molecule has 0 aliphatic rings. The van der Waals surface area contributed by atoms with Gasteiger partial charge in [0.15, 0.2) is 0 Å². The van der Waals surface area contributed by atoms with Crippen LogP contribution in [0.2, 0.25) is 0 Å². The van der Waals surface area contributed by atoms with Crippen molar-refractivity contribution in [3.05, 3.63) is 29.8 Å². The first-order valence-corrected chi connectivity index (χ1v) is 6.03. The molecule has 0 heterocycles. The number of amides is 1. The summed E-state index contributed by atoms with van der Waals surface area (Å²) in [6, 6.07) is 6.09. The number of benzene rings is 1. The molecule has 0 bridgehead atoms. The SMILES string of the molecule is O=C(CCCCO)NCc1ccc(OC(F)F)cc1. The summed E-state index contributed by atoms with van der Waals surface area (Å²) in [4.78, 5) is 11.4. The van der Waals surface area contributed by atoms with E-state index >= 15 is 0 Å². The van der Waals surface area contributed by atoms with Crippen molar-refractivity contribution < 1.29 is 23.4 Å². The second kappa shape index (κ2) is 8.42. The molecule has 0 spiro atoms. The van der Waals surface area contributed by atoms with Crippen LogP contribution in [0.4, 0.5) is 8.78 Å². The lowest BCUT2D eigenvalue weighted by molar-refractivity contribution is -0.121. The highest BCUT2D eigenvalue weighted by Gasteiger charge is 2.04. The topological polar surface area (TPSA) is 58.6 Å². The van der Waals surface area contributed by atoms with Crippen molar-refractivity contribution in [2.45, 2.75) is 32.4 Å². The molecule has 1 aromatic carbocycles. The Morgan fingerprint density at radius 3 is 2.53 bits per heavy atom. The number of ether oxygens (including phenoxy) is 1. The number of hydrogen-bond donors (Lipinski definition) is 2. The van der Waals surface area contributed by atoms with E-state index in [9.17, 15) is 13.6 Å². The number of aliphatic hydroxyl groups excluding tert-OH is 1. The van der Waals surface area contributed by atoms with Crippen molar-refractivity contribution >= 4 is 5.91 Å². The number of halogens is 2. The molecule has 0 saturated carbocycles. The zero-order chi connectivity index (χ0) is 14.1. The summed E-state index contributed by atoms with van der Waals surface area (Å²) in [5, 5.41) is 11.3. The highest BCUT2D eigenvalue weighted by Crippen LogP contribution is 2.14. The van der Waals surface area contributed by atoms with E-state index in [1.54, 1.807) is 12.1 Å². The molecule has 4 nitrogen and oxygen atoms in total. The van der Waals surface area contributed by atoms with Crippen molar-refractivity contribution in [3.8, 4) is 5.75 Å². The number of aliphatic hydroxyl groups is 1. The van der Waals surface area contributed by atoms with Gasteiger partial charge in [0, 0.05) is 19.6 Å². The van der Waals surface area contributed by atoms with Crippen LogP contribution in [0.3, 0.4) is 0 Å². The number of alkyl halides is 2. The zero-order valence-corrected chi connectivity index (χ0v) is 10.4. The van der Waals surface area contributed by atoms with Gasteiger partial charge in [0.05, 0.1) is 0 Å². The largest absolute Gasteiger partial charge is 0.435 e.